The molecule has 2 atom stereocenters. The normalized spacial score (nSPS) is 28.0. The van der Waals surface area contributed by atoms with Crippen LogP contribution in [0.25, 0.3) is 0 Å². The van der Waals surface area contributed by atoms with Gasteiger partial charge in [-0.1, -0.05) is 0 Å². The van der Waals surface area contributed by atoms with Crippen molar-refractivity contribution in [2.24, 2.45) is 5.92 Å². The molecule has 1 fully saturated rings. The highest BCUT2D eigenvalue weighted by Gasteiger charge is 2.37. The molecule has 0 heterocycles. The Hall–Kier alpha value is -0.120. The molecule has 0 radical (unpaired) electrons. The standard InChI is InChI=1S/C9H18O3/c1-3-11-9(12-4-2)6-7-5-8(7)10/h7-10H,3-6H2,1-2H3. The molecule has 0 aromatic rings. The van der Waals surface area contributed by atoms with Crippen LogP contribution in [0.15, 0.2) is 0 Å². The highest BCUT2D eigenvalue weighted by molar-refractivity contribution is 4.86. The van der Waals surface area contributed by atoms with Gasteiger partial charge in [0.15, 0.2) is 6.29 Å². The van der Waals surface area contributed by atoms with Crippen molar-refractivity contribution in [2.75, 3.05) is 13.2 Å². The van der Waals surface area contributed by atoms with E-state index in [4.69, 9.17) is 14.6 Å². The number of hydrogen-bond donors (Lipinski definition) is 1. The van der Waals surface area contributed by atoms with Crippen LogP contribution in [0.2, 0.25) is 0 Å². The average molecular weight is 174 g/mol. The zero-order chi connectivity index (χ0) is 8.97. The third-order valence-electron chi connectivity index (χ3n) is 2.09. The molecule has 1 aliphatic carbocycles. The van der Waals surface area contributed by atoms with Gasteiger partial charge in [0.25, 0.3) is 0 Å². The molecule has 3 heteroatoms. The summed E-state index contributed by atoms with van der Waals surface area (Å²) < 4.78 is 10.7. The highest BCUT2D eigenvalue weighted by atomic mass is 16.7. The van der Waals surface area contributed by atoms with E-state index < -0.39 is 0 Å². The fraction of sp³-hybridized carbons (Fsp3) is 1.00. The number of ether oxygens (including phenoxy) is 2. The number of aliphatic hydroxyl groups excluding tert-OH is 1. The van der Waals surface area contributed by atoms with Crippen LogP contribution < -0.4 is 0 Å². The van der Waals surface area contributed by atoms with Crippen molar-refractivity contribution in [1.29, 1.82) is 0 Å². The molecular formula is C9H18O3. The third kappa shape index (κ3) is 3.09. The molecule has 0 saturated heterocycles. The Morgan fingerprint density at radius 2 is 1.83 bits per heavy atom. The summed E-state index contributed by atoms with van der Waals surface area (Å²) in [5.74, 6) is 0.410. The van der Waals surface area contributed by atoms with Crippen molar-refractivity contribution in [1.82, 2.24) is 0 Å². The van der Waals surface area contributed by atoms with Gasteiger partial charge in [0.2, 0.25) is 0 Å². The van der Waals surface area contributed by atoms with Gasteiger partial charge in [0.1, 0.15) is 0 Å². The maximum atomic E-state index is 9.10. The van der Waals surface area contributed by atoms with E-state index in [1.165, 1.54) is 0 Å². The van der Waals surface area contributed by atoms with Crippen LogP contribution >= 0.6 is 0 Å². The van der Waals surface area contributed by atoms with Gasteiger partial charge in [-0.2, -0.15) is 0 Å². The summed E-state index contributed by atoms with van der Waals surface area (Å²) in [4.78, 5) is 0. The Morgan fingerprint density at radius 1 is 1.33 bits per heavy atom. The van der Waals surface area contributed by atoms with Crippen LogP contribution in [-0.4, -0.2) is 30.7 Å². The monoisotopic (exact) mass is 174 g/mol. The summed E-state index contributed by atoms with van der Waals surface area (Å²) >= 11 is 0. The molecule has 1 aliphatic rings. The maximum Gasteiger partial charge on any atom is 0.157 e. The Morgan fingerprint density at radius 3 is 2.17 bits per heavy atom. The van der Waals surface area contributed by atoms with Crippen LogP contribution in [-0.2, 0) is 9.47 Å². The fourth-order valence-electron chi connectivity index (χ4n) is 1.29. The first-order valence-electron chi connectivity index (χ1n) is 4.69. The smallest absolute Gasteiger partial charge is 0.157 e. The third-order valence-corrected chi connectivity index (χ3v) is 2.09. The Balaban J connectivity index is 2.13. The minimum Gasteiger partial charge on any atom is -0.393 e. The topological polar surface area (TPSA) is 38.7 Å². The molecule has 0 aromatic heterocycles. The van der Waals surface area contributed by atoms with E-state index in [0.29, 0.717) is 19.1 Å². The summed E-state index contributed by atoms with van der Waals surface area (Å²) in [6.45, 7) is 5.26. The van der Waals surface area contributed by atoms with E-state index in [1.54, 1.807) is 0 Å². The molecule has 3 nitrogen and oxygen atoms in total. The minimum absolute atomic E-state index is 0.103. The molecule has 12 heavy (non-hydrogen) atoms. The average Bonchev–Trinajstić information content (AvgIpc) is 2.67. The molecule has 72 valence electrons. The Bertz CT molecular complexity index is 121. The zero-order valence-electron chi connectivity index (χ0n) is 7.82. The van der Waals surface area contributed by atoms with E-state index in [9.17, 15) is 0 Å². The van der Waals surface area contributed by atoms with Gasteiger partial charge in [-0.3, -0.25) is 0 Å². The Kier molecular flexibility index (Phi) is 3.98. The van der Waals surface area contributed by atoms with Crippen molar-refractivity contribution < 1.29 is 14.6 Å². The van der Waals surface area contributed by atoms with Crippen LogP contribution in [0.5, 0.6) is 0 Å². The minimum atomic E-state index is -0.109. The van der Waals surface area contributed by atoms with Crippen molar-refractivity contribution >= 4 is 0 Å². The van der Waals surface area contributed by atoms with E-state index in [1.807, 2.05) is 13.8 Å². The lowest BCUT2D eigenvalue weighted by atomic mass is 10.3. The van der Waals surface area contributed by atoms with Gasteiger partial charge >= 0.3 is 0 Å². The second-order valence-corrected chi connectivity index (χ2v) is 3.14. The first kappa shape index (κ1) is 9.96. The molecule has 1 saturated carbocycles. The van der Waals surface area contributed by atoms with Gasteiger partial charge in [0, 0.05) is 19.6 Å². The summed E-state index contributed by atoms with van der Waals surface area (Å²) in [5, 5.41) is 9.10. The van der Waals surface area contributed by atoms with E-state index in [-0.39, 0.29) is 12.4 Å². The summed E-state index contributed by atoms with van der Waals surface area (Å²) in [7, 11) is 0. The van der Waals surface area contributed by atoms with Gasteiger partial charge in [-0.15, -0.1) is 0 Å². The van der Waals surface area contributed by atoms with E-state index in [2.05, 4.69) is 0 Å². The van der Waals surface area contributed by atoms with Crippen molar-refractivity contribution in [2.45, 2.75) is 39.1 Å². The first-order chi connectivity index (χ1) is 5.77. The zero-order valence-corrected chi connectivity index (χ0v) is 7.82. The van der Waals surface area contributed by atoms with Crippen LogP contribution in [0.1, 0.15) is 26.7 Å². The summed E-state index contributed by atoms with van der Waals surface area (Å²) in [5.41, 5.74) is 0. The SMILES string of the molecule is CCOC(CC1CC1O)OCC. The van der Waals surface area contributed by atoms with Crippen LogP contribution in [0.4, 0.5) is 0 Å². The predicted octanol–water partition coefficient (Wildman–Crippen LogP) is 1.16. The number of aliphatic hydroxyl groups is 1. The molecule has 1 rings (SSSR count). The quantitative estimate of drug-likeness (QED) is 0.614. The van der Waals surface area contributed by atoms with E-state index >= 15 is 0 Å². The highest BCUT2D eigenvalue weighted by Crippen LogP contribution is 2.35. The lowest BCUT2D eigenvalue weighted by Gasteiger charge is -2.16. The number of rotatable bonds is 6. The van der Waals surface area contributed by atoms with Crippen molar-refractivity contribution in [3.8, 4) is 0 Å². The lowest BCUT2D eigenvalue weighted by molar-refractivity contribution is -0.143. The van der Waals surface area contributed by atoms with E-state index in [0.717, 1.165) is 12.8 Å². The summed E-state index contributed by atoms with van der Waals surface area (Å²) in [6, 6.07) is 0. The molecule has 0 bridgehead atoms. The molecule has 1 N–H and O–H groups in total. The van der Waals surface area contributed by atoms with Crippen molar-refractivity contribution in [3.63, 3.8) is 0 Å². The summed E-state index contributed by atoms with van der Waals surface area (Å²) in [6.07, 6.45) is 1.54. The van der Waals surface area contributed by atoms with Crippen LogP contribution in [0.3, 0.4) is 0 Å². The molecule has 2 unspecified atom stereocenters. The van der Waals surface area contributed by atoms with Gasteiger partial charge in [0.05, 0.1) is 6.10 Å². The number of hydrogen-bond acceptors (Lipinski definition) is 3. The fourth-order valence-corrected chi connectivity index (χ4v) is 1.29. The van der Waals surface area contributed by atoms with Gasteiger partial charge in [-0.25, -0.2) is 0 Å². The molecule has 0 amide bonds. The molecular weight excluding hydrogens is 156 g/mol. The Labute approximate surface area is 73.7 Å². The predicted molar refractivity (Wildman–Crippen MR) is 45.8 cm³/mol. The molecule has 0 aromatic carbocycles. The van der Waals surface area contributed by atoms with Gasteiger partial charge in [-0.05, 0) is 26.2 Å². The second kappa shape index (κ2) is 4.80. The van der Waals surface area contributed by atoms with Crippen molar-refractivity contribution in [3.05, 3.63) is 0 Å². The molecule has 0 spiro atoms. The first-order valence-corrected chi connectivity index (χ1v) is 4.69. The lowest BCUT2D eigenvalue weighted by Crippen LogP contribution is -2.18. The molecule has 0 aliphatic heterocycles. The largest absolute Gasteiger partial charge is 0.393 e. The van der Waals surface area contributed by atoms with Gasteiger partial charge < -0.3 is 14.6 Å². The maximum absolute atomic E-state index is 9.10. The van der Waals surface area contributed by atoms with Crippen LogP contribution in [0, 0.1) is 5.92 Å². The second-order valence-electron chi connectivity index (χ2n) is 3.14.